The summed E-state index contributed by atoms with van der Waals surface area (Å²) in [6.07, 6.45) is 2.98. The first-order valence-corrected chi connectivity index (χ1v) is 8.91. The van der Waals surface area contributed by atoms with E-state index >= 15 is 0 Å². The van der Waals surface area contributed by atoms with Crippen molar-refractivity contribution in [3.05, 3.63) is 78.8 Å². The number of methoxy groups -OCH3 is 1. The van der Waals surface area contributed by atoms with Crippen LogP contribution in [0.3, 0.4) is 0 Å². The van der Waals surface area contributed by atoms with Gasteiger partial charge in [-0.15, -0.1) is 0 Å². The zero-order valence-corrected chi connectivity index (χ0v) is 15.9. The summed E-state index contributed by atoms with van der Waals surface area (Å²) in [5.74, 6) is 1.41. The Bertz CT molecular complexity index is 1140. The lowest BCUT2D eigenvalue weighted by Gasteiger charge is -2.20. The zero-order chi connectivity index (χ0) is 20.2. The highest BCUT2D eigenvalue weighted by molar-refractivity contribution is 5.91. The highest BCUT2D eigenvalue weighted by atomic mass is 16.5. The molecule has 0 aliphatic rings. The van der Waals surface area contributed by atoms with E-state index in [1.807, 2.05) is 60.5 Å². The number of pyridine rings is 1. The fourth-order valence-electron chi connectivity index (χ4n) is 2.92. The molecule has 0 radical (unpaired) electrons. The molecular weight excluding hydrogens is 368 g/mol. The van der Waals surface area contributed by atoms with Gasteiger partial charge in [-0.05, 0) is 42.5 Å². The van der Waals surface area contributed by atoms with Gasteiger partial charge in [0, 0.05) is 30.4 Å². The molecular formula is C22H18N4O3. The number of ether oxygens (including phenoxy) is 2. The highest BCUT2D eigenvalue weighted by Crippen LogP contribution is 2.30. The normalized spacial score (nSPS) is 10.6. The summed E-state index contributed by atoms with van der Waals surface area (Å²) in [5.41, 5.74) is 2.22. The second-order valence-corrected chi connectivity index (χ2v) is 6.25. The van der Waals surface area contributed by atoms with E-state index in [-0.39, 0.29) is 0 Å². The molecule has 7 nitrogen and oxygen atoms in total. The number of hydrogen-bond donors (Lipinski definition) is 0. The fraction of sp³-hybridized carbons (Fsp3) is 0.0909. The van der Waals surface area contributed by atoms with Gasteiger partial charge in [-0.2, -0.15) is 0 Å². The van der Waals surface area contributed by atoms with Gasteiger partial charge in [-0.3, -0.25) is 0 Å². The summed E-state index contributed by atoms with van der Waals surface area (Å²) in [6.45, 7) is 0. The van der Waals surface area contributed by atoms with Gasteiger partial charge < -0.3 is 14.4 Å². The molecule has 29 heavy (non-hydrogen) atoms. The average molecular weight is 386 g/mol. The Labute approximate surface area is 167 Å². The van der Waals surface area contributed by atoms with Crippen LogP contribution in [0.4, 0.5) is 11.5 Å². The van der Waals surface area contributed by atoms with Crippen molar-refractivity contribution in [3.8, 4) is 11.6 Å². The molecule has 0 atom stereocenters. The van der Waals surface area contributed by atoms with Crippen molar-refractivity contribution >= 4 is 28.4 Å². The summed E-state index contributed by atoms with van der Waals surface area (Å²) in [6, 6.07) is 18.7. The van der Waals surface area contributed by atoms with Crippen LogP contribution in [0.25, 0.3) is 10.9 Å². The van der Waals surface area contributed by atoms with Crippen molar-refractivity contribution in [2.45, 2.75) is 0 Å². The van der Waals surface area contributed by atoms with Crippen molar-refractivity contribution in [1.82, 2.24) is 15.0 Å². The molecule has 0 saturated carbocycles. The van der Waals surface area contributed by atoms with E-state index in [1.165, 1.54) is 13.3 Å². The Morgan fingerprint density at radius 3 is 2.45 bits per heavy atom. The SMILES string of the molecule is COC(=O)c1ccc(Oc2ccc(N(C)c3ncnc4ccccc34)cc2)nc1. The highest BCUT2D eigenvalue weighted by Gasteiger charge is 2.11. The average Bonchev–Trinajstić information content (AvgIpc) is 2.78. The molecule has 0 N–H and O–H groups in total. The van der Waals surface area contributed by atoms with Crippen molar-refractivity contribution in [1.29, 1.82) is 0 Å². The van der Waals surface area contributed by atoms with Crippen molar-refractivity contribution in [3.63, 3.8) is 0 Å². The quantitative estimate of drug-likeness (QED) is 0.471. The van der Waals surface area contributed by atoms with Crippen LogP contribution < -0.4 is 9.64 Å². The Morgan fingerprint density at radius 1 is 0.931 bits per heavy atom. The fourth-order valence-corrected chi connectivity index (χ4v) is 2.92. The van der Waals surface area contributed by atoms with Gasteiger partial charge in [0.2, 0.25) is 5.88 Å². The molecule has 4 aromatic rings. The molecule has 0 amide bonds. The standard InChI is InChI=1S/C22H18N4O3/c1-26(21-18-5-3-4-6-19(18)24-14-25-21)16-8-10-17(11-9-16)29-20-12-7-15(13-23-20)22(27)28-2/h3-14H,1-2H3. The number of benzene rings is 2. The van der Waals surface area contributed by atoms with E-state index in [1.54, 1.807) is 18.5 Å². The molecule has 7 heteroatoms. The van der Waals surface area contributed by atoms with Crippen LogP contribution in [0, 0.1) is 0 Å². The number of para-hydroxylation sites is 1. The summed E-state index contributed by atoms with van der Waals surface area (Å²) in [5, 5.41) is 0.979. The summed E-state index contributed by atoms with van der Waals surface area (Å²) in [7, 11) is 3.29. The first-order chi connectivity index (χ1) is 14.2. The van der Waals surface area contributed by atoms with Crippen LogP contribution in [-0.2, 0) is 4.74 Å². The largest absolute Gasteiger partial charge is 0.465 e. The van der Waals surface area contributed by atoms with Gasteiger partial charge in [-0.1, -0.05) is 12.1 Å². The smallest absolute Gasteiger partial charge is 0.339 e. The van der Waals surface area contributed by atoms with E-state index in [0.717, 1.165) is 22.4 Å². The molecule has 0 aliphatic heterocycles. The number of rotatable bonds is 5. The van der Waals surface area contributed by atoms with Crippen molar-refractivity contribution in [2.75, 3.05) is 19.1 Å². The summed E-state index contributed by atoms with van der Waals surface area (Å²) in [4.78, 5) is 26.3. The lowest BCUT2D eigenvalue weighted by molar-refractivity contribution is 0.0600. The van der Waals surface area contributed by atoms with Crippen LogP contribution in [0.1, 0.15) is 10.4 Å². The topological polar surface area (TPSA) is 77.4 Å². The maximum Gasteiger partial charge on any atom is 0.339 e. The third-order valence-electron chi connectivity index (χ3n) is 4.44. The third-order valence-corrected chi connectivity index (χ3v) is 4.44. The van der Waals surface area contributed by atoms with E-state index < -0.39 is 5.97 Å². The first kappa shape index (κ1) is 18.4. The minimum absolute atomic E-state index is 0.369. The Hall–Kier alpha value is -4.00. The Morgan fingerprint density at radius 2 is 1.72 bits per heavy atom. The van der Waals surface area contributed by atoms with E-state index in [0.29, 0.717) is 17.2 Å². The molecule has 2 aromatic carbocycles. The molecule has 0 aliphatic carbocycles. The molecule has 2 aromatic heterocycles. The van der Waals surface area contributed by atoms with E-state index in [2.05, 4.69) is 19.7 Å². The van der Waals surface area contributed by atoms with Crippen LogP contribution in [0.2, 0.25) is 0 Å². The monoisotopic (exact) mass is 386 g/mol. The molecule has 0 spiro atoms. The maximum atomic E-state index is 11.5. The maximum absolute atomic E-state index is 11.5. The van der Waals surface area contributed by atoms with Crippen molar-refractivity contribution < 1.29 is 14.3 Å². The number of nitrogens with zero attached hydrogens (tertiary/aromatic N) is 4. The minimum Gasteiger partial charge on any atom is -0.465 e. The van der Waals surface area contributed by atoms with Gasteiger partial charge >= 0.3 is 5.97 Å². The lowest BCUT2D eigenvalue weighted by Crippen LogP contribution is -2.11. The van der Waals surface area contributed by atoms with Gasteiger partial charge in [0.05, 0.1) is 18.2 Å². The van der Waals surface area contributed by atoms with Crippen LogP contribution in [0.15, 0.2) is 73.2 Å². The third kappa shape index (κ3) is 3.84. The lowest BCUT2D eigenvalue weighted by atomic mass is 10.2. The first-order valence-electron chi connectivity index (χ1n) is 8.91. The number of carbonyl (C=O) groups is 1. The molecule has 0 unspecified atom stereocenters. The summed E-state index contributed by atoms with van der Waals surface area (Å²) < 4.78 is 10.4. The van der Waals surface area contributed by atoms with Gasteiger partial charge in [0.1, 0.15) is 17.9 Å². The molecule has 0 fully saturated rings. The Kier molecular flexibility index (Phi) is 5.03. The Balaban J connectivity index is 1.52. The molecule has 2 heterocycles. The number of fused-ring (bicyclic) bond motifs is 1. The number of carbonyl (C=O) groups excluding carboxylic acids is 1. The van der Waals surface area contributed by atoms with Crippen LogP contribution in [0.5, 0.6) is 11.6 Å². The minimum atomic E-state index is -0.436. The zero-order valence-electron chi connectivity index (χ0n) is 15.9. The van der Waals surface area contributed by atoms with Crippen LogP contribution >= 0.6 is 0 Å². The molecule has 0 bridgehead atoms. The number of aromatic nitrogens is 3. The summed E-state index contributed by atoms with van der Waals surface area (Å²) >= 11 is 0. The number of anilines is 2. The predicted octanol–water partition coefficient (Wildman–Crippen LogP) is 4.37. The van der Waals surface area contributed by atoms with E-state index in [9.17, 15) is 4.79 Å². The number of hydrogen-bond acceptors (Lipinski definition) is 7. The van der Waals surface area contributed by atoms with Gasteiger partial charge in [0.15, 0.2) is 0 Å². The second kappa shape index (κ2) is 7.93. The van der Waals surface area contributed by atoms with Crippen LogP contribution in [-0.4, -0.2) is 35.1 Å². The van der Waals surface area contributed by atoms with Gasteiger partial charge in [-0.25, -0.2) is 19.7 Å². The molecule has 4 rings (SSSR count). The van der Waals surface area contributed by atoms with Gasteiger partial charge in [0.25, 0.3) is 0 Å². The second-order valence-electron chi connectivity index (χ2n) is 6.25. The van der Waals surface area contributed by atoms with E-state index in [4.69, 9.17) is 4.74 Å². The predicted molar refractivity (Wildman–Crippen MR) is 110 cm³/mol. The van der Waals surface area contributed by atoms with Crippen molar-refractivity contribution in [2.24, 2.45) is 0 Å². The number of esters is 1. The molecule has 144 valence electrons. The molecule has 0 saturated heterocycles.